The van der Waals surface area contributed by atoms with Crippen molar-refractivity contribution in [3.63, 3.8) is 0 Å². The fourth-order valence-electron chi connectivity index (χ4n) is 2.53. The number of rotatable bonds is 6. The van der Waals surface area contributed by atoms with Crippen LogP contribution < -0.4 is 0 Å². The van der Waals surface area contributed by atoms with Crippen molar-refractivity contribution in [1.29, 1.82) is 0 Å². The monoisotopic (exact) mass is 319 g/mol. The van der Waals surface area contributed by atoms with E-state index in [1.54, 1.807) is 6.26 Å². The van der Waals surface area contributed by atoms with Crippen molar-refractivity contribution < 1.29 is 4.42 Å². The summed E-state index contributed by atoms with van der Waals surface area (Å²) in [5, 5.41) is 8.50. The van der Waals surface area contributed by atoms with E-state index in [1.807, 2.05) is 10.9 Å². The van der Waals surface area contributed by atoms with E-state index >= 15 is 0 Å². The fourth-order valence-corrected chi connectivity index (χ4v) is 2.53. The zero-order valence-electron chi connectivity index (χ0n) is 15.4. The second-order valence-corrected chi connectivity index (χ2v) is 7.66. The van der Waals surface area contributed by atoms with Crippen molar-refractivity contribution in [1.82, 2.24) is 24.9 Å². The largest absolute Gasteiger partial charge is 0.448 e. The first-order valence-electron chi connectivity index (χ1n) is 8.26. The molecule has 0 aliphatic heterocycles. The Kier molecular flexibility index (Phi) is 5.24. The van der Waals surface area contributed by atoms with E-state index in [4.69, 9.17) is 4.42 Å². The molecule has 0 aliphatic carbocycles. The Balaban J connectivity index is 2.03. The van der Waals surface area contributed by atoms with Crippen LogP contribution in [-0.4, -0.2) is 37.0 Å². The topological polar surface area (TPSA) is 60.0 Å². The van der Waals surface area contributed by atoms with Gasteiger partial charge in [-0.25, -0.2) is 9.67 Å². The van der Waals surface area contributed by atoms with E-state index in [1.165, 1.54) is 0 Å². The summed E-state index contributed by atoms with van der Waals surface area (Å²) < 4.78 is 7.37. The van der Waals surface area contributed by atoms with E-state index in [0.717, 1.165) is 23.8 Å². The molecule has 0 spiro atoms. The van der Waals surface area contributed by atoms with Crippen LogP contribution in [0.2, 0.25) is 0 Å². The number of aromatic nitrogens is 4. The zero-order valence-corrected chi connectivity index (χ0v) is 15.4. The molecule has 6 heteroatoms. The van der Waals surface area contributed by atoms with Crippen LogP contribution in [0.3, 0.4) is 0 Å². The van der Waals surface area contributed by atoms with E-state index in [9.17, 15) is 0 Å². The molecule has 0 saturated heterocycles. The molecular weight excluding hydrogens is 290 g/mol. The highest BCUT2D eigenvalue weighted by Crippen LogP contribution is 2.21. The summed E-state index contributed by atoms with van der Waals surface area (Å²) in [6.07, 6.45) is 3.69. The fraction of sp³-hybridized carbons (Fsp3) is 0.706. The molecular formula is C17H29N5O. The van der Waals surface area contributed by atoms with Gasteiger partial charge in [-0.1, -0.05) is 26.0 Å². The van der Waals surface area contributed by atoms with Gasteiger partial charge in [0, 0.05) is 24.0 Å². The molecule has 0 atom stereocenters. The molecule has 0 unspecified atom stereocenters. The van der Waals surface area contributed by atoms with Crippen LogP contribution in [0, 0.1) is 0 Å². The summed E-state index contributed by atoms with van der Waals surface area (Å²) in [4.78, 5) is 6.93. The summed E-state index contributed by atoms with van der Waals surface area (Å²) in [5.74, 6) is 0.749. The van der Waals surface area contributed by atoms with Gasteiger partial charge in [0.25, 0.3) is 0 Å². The quantitative estimate of drug-likeness (QED) is 0.818. The predicted molar refractivity (Wildman–Crippen MR) is 90.1 cm³/mol. The first kappa shape index (κ1) is 17.7. The molecule has 0 saturated carbocycles. The third-order valence-electron chi connectivity index (χ3n) is 3.77. The number of oxazole rings is 1. The van der Waals surface area contributed by atoms with Gasteiger partial charge in [-0.15, -0.1) is 5.10 Å². The average molecular weight is 319 g/mol. The lowest BCUT2D eigenvalue weighted by Crippen LogP contribution is -2.36. The van der Waals surface area contributed by atoms with Crippen LogP contribution in [0.5, 0.6) is 0 Å². The normalized spacial score (nSPS) is 12.8. The Bertz CT molecular complexity index is 613. The van der Waals surface area contributed by atoms with Crippen molar-refractivity contribution in [3.05, 3.63) is 29.7 Å². The third kappa shape index (κ3) is 4.64. The van der Waals surface area contributed by atoms with Crippen molar-refractivity contribution in [2.24, 2.45) is 0 Å². The Morgan fingerprint density at radius 1 is 1.13 bits per heavy atom. The van der Waals surface area contributed by atoms with Gasteiger partial charge in [0.15, 0.2) is 5.89 Å². The van der Waals surface area contributed by atoms with Crippen molar-refractivity contribution in [3.8, 4) is 0 Å². The molecule has 2 rings (SSSR count). The van der Waals surface area contributed by atoms with Crippen LogP contribution in [0.15, 0.2) is 16.9 Å². The molecule has 128 valence electrons. The van der Waals surface area contributed by atoms with Gasteiger partial charge in [-0.3, -0.25) is 4.90 Å². The highest BCUT2D eigenvalue weighted by Gasteiger charge is 2.20. The SMILES string of the molecule is CC(C)N(Cc1cn(Cc2coc(C(C)(C)C)n2)nn1)C(C)C. The maximum Gasteiger partial charge on any atom is 0.199 e. The molecule has 0 fully saturated rings. The van der Waals surface area contributed by atoms with Gasteiger partial charge in [0.1, 0.15) is 12.0 Å². The molecule has 0 aromatic carbocycles. The molecule has 23 heavy (non-hydrogen) atoms. The lowest BCUT2D eigenvalue weighted by atomic mass is 9.97. The molecule has 0 amide bonds. The van der Waals surface area contributed by atoms with E-state index in [0.29, 0.717) is 18.6 Å². The van der Waals surface area contributed by atoms with Crippen molar-refractivity contribution in [2.75, 3.05) is 0 Å². The first-order chi connectivity index (χ1) is 10.7. The predicted octanol–water partition coefficient (Wildman–Crippen LogP) is 3.23. The van der Waals surface area contributed by atoms with Crippen LogP contribution in [0.25, 0.3) is 0 Å². The number of hydrogen-bond donors (Lipinski definition) is 0. The summed E-state index contributed by atoms with van der Waals surface area (Å²) in [6, 6.07) is 0.954. The van der Waals surface area contributed by atoms with Crippen LogP contribution >= 0.6 is 0 Å². The van der Waals surface area contributed by atoms with Crippen LogP contribution in [-0.2, 0) is 18.5 Å². The second-order valence-electron chi connectivity index (χ2n) is 7.66. The Labute approximate surface area is 138 Å². The molecule has 0 radical (unpaired) electrons. The summed E-state index contributed by atoms with van der Waals surface area (Å²) >= 11 is 0. The smallest absolute Gasteiger partial charge is 0.199 e. The Morgan fingerprint density at radius 2 is 1.78 bits per heavy atom. The average Bonchev–Trinajstić information content (AvgIpc) is 3.04. The van der Waals surface area contributed by atoms with Gasteiger partial charge >= 0.3 is 0 Å². The summed E-state index contributed by atoms with van der Waals surface area (Å²) in [6.45, 7) is 16.5. The standard InChI is InChI=1S/C17H29N5O/c1-12(2)22(13(3)4)10-14-8-21(20-19-14)9-15-11-23-16(18-15)17(5,6)7/h8,11-13H,9-10H2,1-7H3. The molecule has 0 aliphatic rings. The van der Waals surface area contributed by atoms with Gasteiger partial charge in [-0.05, 0) is 27.7 Å². The second kappa shape index (κ2) is 6.83. The zero-order chi connectivity index (χ0) is 17.2. The van der Waals surface area contributed by atoms with E-state index in [2.05, 4.69) is 68.7 Å². The molecule has 0 bridgehead atoms. The highest BCUT2D eigenvalue weighted by molar-refractivity contribution is 5.05. The molecule has 2 heterocycles. The van der Waals surface area contributed by atoms with Crippen LogP contribution in [0.1, 0.15) is 65.7 Å². The minimum Gasteiger partial charge on any atom is -0.448 e. The minimum atomic E-state index is -0.0825. The molecule has 2 aromatic rings. The number of hydrogen-bond acceptors (Lipinski definition) is 5. The van der Waals surface area contributed by atoms with Crippen molar-refractivity contribution in [2.45, 2.75) is 79.1 Å². The van der Waals surface area contributed by atoms with Gasteiger partial charge in [0.2, 0.25) is 0 Å². The summed E-state index contributed by atoms with van der Waals surface area (Å²) in [7, 11) is 0. The number of nitrogens with zero attached hydrogens (tertiary/aromatic N) is 5. The third-order valence-corrected chi connectivity index (χ3v) is 3.77. The Morgan fingerprint density at radius 3 is 2.30 bits per heavy atom. The lowest BCUT2D eigenvalue weighted by Gasteiger charge is -2.29. The highest BCUT2D eigenvalue weighted by atomic mass is 16.3. The van der Waals surface area contributed by atoms with Gasteiger partial charge in [0.05, 0.1) is 18.4 Å². The first-order valence-corrected chi connectivity index (χ1v) is 8.26. The lowest BCUT2D eigenvalue weighted by molar-refractivity contribution is 0.164. The van der Waals surface area contributed by atoms with E-state index in [-0.39, 0.29) is 5.41 Å². The summed E-state index contributed by atoms with van der Waals surface area (Å²) in [5.41, 5.74) is 1.77. The van der Waals surface area contributed by atoms with Gasteiger partial charge < -0.3 is 4.42 Å². The molecule has 6 nitrogen and oxygen atoms in total. The maximum absolute atomic E-state index is 5.55. The maximum atomic E-state index is 5.55. The van der Waals surface area contributed by atoms with E-state index < -0.39 is 0 Å². The van der Waals surface area contributed by atoms with Gasteiger partial charge in [-0.2, -0.15) is 0 Å². The minimum absolute atomic E-state index is 0.0825. The van der Waals surface area contributed by atoms with Crippen LogP contribution in [0.4, 0.5) is 0 Å². The molecule has 0 N–H and O–H groups in total. The molecule has 2 aromatic heterocycles. The van der Waals surface area contributed by atoms with Crippen molar-refractivity contribution >= 4 is 0 Å². The Hall–Kier alpha value is -1.69.